The van der Waals surface area contributed by atoms with Gasteiger partial charge in [-0.25, -0.2) is 0 Å². The number of halogens is 1. The Hall–Kier alpha value is -0.0800. The summed E-state index contributed by atoms with van der Waals surface area (Å²) in [5.74, 6) is 0.786. The lowest BCUT2D eigenvalue weighted by Crippen LogP contribution is -2.40. The highest BCUT2D eigenvalue weighted by atomic mass is 127. The number of guanidine groups is 1. The Labute approximate surface area is 115 Å². The number of hydrogen-bond donors (Lipinski definition) is 2. The molecule has 6 heteroatoms. The Morgan fingerprint density at radius 3 is 1.75 bits per heavy atom. The first-order valence-corrected chi connectivity index (χ1v) is 5.45. The van der Waals surface area contributed by atoms with Gasteiger partial charge in [0.25, 0.3) is 0 Å². The largest absolute Gasteiger partial charge is 0.380 e. The average Bonchev–Trinajstić information content (AvgIpc) is 2.27. The van der Waals surface area contributed by atoms with Crippen LogP contribution < -0.4 is 10.6 Å². The Morgan fingerprint density at radius 2 is 1.44 bits per heavy atom. The molecule has 0 spiro atoms. The molecule has 0 aromatic heterocycles. The average molecular weight is 345 g/mol. The molecule has 0 bridgehead atoms. The van der Waals surface area contributed by atoms with Crippen LogP contribution in [0.25, 0.3) is 0 Å². The van der Waals surface area contributed by atoms with E-state index < -0.39 is 0 Å². The van der Waals surface area contributed by atoms with E-state index in [-0.39, 0.29) is 24.0 Å². The normalized spacial score (nSPS) is 9.19. The molecule has 0 saturated heterocycles. The van der Waals surface area contributed by atoms with Gasteiger partial charge in [0, 0.05) is 33.4 Å². The third kappa shape index (κ3) is 12.0. The van der Waals surface area contributed by atoms with E-state index in [1.165, 1.54) is 0 Å². The van der Waals surface area contributed by atoms with Gasteiger partial charge in [-0.3, -0.25) is 4.99 Å². The first-order valence-electron chi connectivity index (χ1n) is 5.45. The summed E-state index contributed by atoms with van der Waals surface area (Å²) in [5.41, 5.74) is 0. The van der Waals surface area contributed by atoms with Gasteiger partial charge in [-0.1, -0.05) is 0 Å². The van der Waals surface area contributed by atoms with Gasteiger partial charge in [-0.05, 0) is 13.8 Å². The van der Waals surface area contributed by atoms with Gasteiger partial charge in [-0.2, -0.15) is 0 Å². The fourth-order valence-electron chi connectivity index (χ4n) is 0.992. The van der Waals surface area contributed by atoms with Crippen molar-refractivity contribution in [3.05, 3.63) is 0 Å². The van der Waals surface area contributed by atoms with Crippen molar-refractivity contribution in [1.82, 2.24) is 10.6 Å². The van der Waals surface area contributed by atoms with E-state index in [0.29, 0.717) is 13.2 Å². The van der Waals surface area contributed by atoms with Crippen molar-refractivity contribution in [1.29, 1.82) is 0 Å². The van der Waals surface area contributed by atoms with Gasteiger partial charge in [-0.15, -0.1) is 24.0 Å². The third-order valence-electron chi connectivity index (χ3n) is 1.71. The zero-order chi connectivity index (χ0) is 11.4. The molecule has 0 amide bonds. The summed E-state index contributed by atoms with van der Waals surface area (Å²) in [5, 5.41) is 6.28. The van der Waals surface area contributed by atoms with Crippen LogP contribution >= 0.6 is 24.0 Å². The maximum atomic E-state index is 5.20. The predicted octanol–water partition coefficient (Wildman–Crippen LogP) is 0.842. The van der Waals surface area contributed by atoms with Crippen molar-refractivity contribution in [2.45, 2.75) is 13.8 Å². The van der Waals surface area contributed by atoms with Crippen LogP contribution in [0.2, 0.25) is 0 Å². The molecule has 0 aromatic carbocycles. The Kier molecular flexibility index (Phi) is 17.1. The Morgan fingerprint density at radius 1 is 1.00 bits per heavy atom. The van der Waals surface area contributed by atoms with E-state index in [0.717, 1.165) is 32.3 Å². The van der Waals surface area contributed by atoms with Crippen LogP contribution in [-0.2, 0) is 9.47 Å². The van der Waals surface area contributed by atoms with Gasteiger partial charge in [0.05, 0.1) is 13.2 Å². The fraction of sp³-hybridized carbons (Fsp3) is 0.900. The van der Waals surface area contributed by atoms with Crippen molar-refractivity contribution in [3.63, 3.8) is 0 Å². The second-order valence-corrected chi connectivity index (χ2v) is 2.82. The standard InChI is InChI=1S/C10H23N3O2.HI/c1-4-14-8-6-12-10(11-3)13-7-9-15-5-2;/h4-9H2,1-3H3,(H2,11,12,13);1H. The first-order chi connectivity index (χ1) is 7.35. The number of nitrogens with zero attached hydrogens (tertiary/aromatic N) is 1. The monoisotopic (exact) mass is 345 g/mol. The van der Waals surface area contributed by atoms with E-state index in [1.807, 2.05) is 13.8 Å². The van der Waals surface area contributed by atoms with Crippen molar-refractivity contribution in [3.8, 4) is 0 Å². The molecule has 0 unspecified atom stereocenters. The molecular weight excluding hydrogens is 321 g/mol. The van der Waals surface area contributed by atoms with Crippen molar-refractivity contribution >= 4 is 29.9 Å². The molecule has 0 aliphatic rings. The van der Waals surface area contributed by atoms with Crippen LogP contribution in [0.15, 0.2) is 4.99 Å². The number of hydrogen-bond acceptors (Lipinski definition) is 3. The summed E-state index contributed by atoms with van der Waals surface area (Å²) >= 11 is 0. The molecule has 0 aliphatic heterocycles. The van der Waals surface area contributed by atoms with E-state index in [9.17, 15) is 0 Å². The van der Waals surface area contributed by atoms with Gasteiger partial charge in [0.2, 0.25) is 0 Å². The van der Waals surface area contributed by atoms with Crippen LogP contribution in [0.1, 0.15) is 13.8 Å². The minimum Gasteiger partial charge on any atom is -0.380 e. The maximum absolute atomic E-state index is 5.20. The van der Waals surface area contributed by atoms with Gasteiger partial charge in [0.15, 0.2) is 5.96 Å². The second-order valence-electron chi connectivity index (χ2n) is 2.82. The summed E-state index contributed by atoms with van der Waals surface area (Å²) in [6, 6.07) is 0. The lowest BCUT2D eigenvalue weighted by molar-refractivity contribution is 0.150. The summed E-state index contributed by atoms with van der Waals surface area (Å²) in [4.78, 5) is 4.07. The highest BCUT2D eigenvalue weighted by Gasteiger charge is 1.95. The molecule has 0 fully saturated rings. The van der Waals surface area contributed by atoms with Crippen LogP contribution in [0, 0.1) is 0 Å². The molecule has 0 rings (SSSR count). The Balaban J connectivity index is 0. The molecule has 0 aliphatic carbocycles. The van der Waals surface area contributed by atoms with Crippen LogP contribution in [0.5, 0.6) is 0 Å². The number of ether oxygens (including phenoxy) is 2. The molecule has 0 saturated carbocycles. The molecule has 0 atom stereocenters. The zero-order valence-corrected chi connectivity index (χ0v) is 12.7. The fourth-order valence-corrected chi connectivity index (χ4v) is 0.992. The topological polar surface area (TPSA) is 54.9 Å². The van der Waals surface area contributed by atoms with Gasteiger partial charge >= 0.3 is 0 Å². The molecular formula is C10H24IN3O2. The van der Waals surface area contributed by atoms with Crippen LogP contribution in [-0.4, -0.2) is 52.5 Å². The van der Waals surface area contributed by atoms with Crippen molar-refractivity contribution in [2.75, 3.05) is 46.6 Å². The third-order valence-corrected chi connectivity index (χ3v) is 1.71. The molecule has 16 heavy (non-hydrogen) atoms. The summed E-state index contributed by atoms with van der Waals surface area (Å²) in [6.07, 6.45) is 0. The second kappa shape index (κ2) is 14.9. The molecule has 0 aromatic rings. The number of rotatable bonds is 8. The van der Waals surface area contributed by atoms with E-state index >= 15 is 0 Å². The van der Waals surface area contributed by atoms with Gasteiger partial charge in [0.1, 0.15) is 0 Å². The molecule has 98 valence electrons. The zero-order valence-electron chi connectivity index (χ0n) is 10.4. The Bertz CT molecular complexity index is 154. The molecule has 2 N–H and O–H groups in total. The highest BCUT2D eigenvalue weighted by Crippen LogP contribution is 1.74. The minimum absolute atomic E-state index is 0. The van der Waals surface area contributed by atoms with E-state index in [1.54, 1.807) is 7.05 Å². The predicted molar refractivity (Wildman–Crippen MR) is 77.8 cm³/mol. The van der Waals surface area contributed by atoms with Crippen molar-refractivity contribution < 1.29 is 9.47 Å². The maximum Gasteiger partial charge on any atom is 0.191 e. The molecule has 5 nitrogen and oxygen atoms in total. The molecule has 0 heterocycles. The summed E-state index contributed by atoms with van der Waals surface area (Å²) < 4.78 is 10.4. The van der Waals surface area contributed by atoms with E-state index in [2.05, 4.69) is 15.6 Å². The van der Waals surface area contributed by atoms with Crippen molar-refractivity contribution in [2.24, 2.45) is 4.99 Å². The smallest absolute Gasteiger partial charge is 0.191 e. The highest BCUT2D eigenvalue weighted by molar-refractivity contribution is 14.0. The van der Waals surface area contributed by atoms with Gasteiger partial charge < -0.3 is 20.1 Å². The first kappa shape index (κ1) is 18.3. The summed E-state index contributed by atoms with van der Waals surface area (Å²) in [7, 11) is 1.75. The number of nitrogens with one attached hydrogen (secondary N) is 2. The SMILES string of the molecule is CCOCCNC(=NC)NCCOCC.I. The number of aliphatic imine (C=N–C) groups is 1. The van der Waals surface area contributed by atoms with Crippen LogP contribution in [0.3, 0.4) is 0 Å². The minimum atomic E-state index is 0. The van der Waals surface area contributed by atoms with Crippen LogP contribution in [0.4, 0.5) is 0 Å². The molecule has 0 radical (unpaired) electrons. The lowest BCUT2D eigenvalue weighted by atomic mass is 10.6. The summed E-state index contributed by atoms with van der Waals surface area (Å²) in [6.45, 7) is 8.38. The quantitative estimate of drug-likeness (QED) is 0.296. The van der Waals surface area contributed by atoms with E-state index in [4.69, 9.17) is 9.47 Å². The lowest BCUT2D eigenvalue weighted by Gasteiger charge is -2.11.